The Hall–Kier alpha value is -0.670. The molecule has 1 aromatic carbocycles. The average molecular weight is 277 g/mol. The van der Waals surface area contributed by atoms with Crippen molar-refractivity contribution >= 4 is 10.8 Å². The SMILES string of the molecule is NC1c2ccccc2CCCC1S(=O)C1CCCC1. The van der Waals surface area contributed by atoms with Crippen molar-refractivity contribution in [3.8, 4) is 0 Å². The number of benzene rings is 1. The first-order chi connectivity index (χ1) is 9.27. The normalized spacial score (nSPS) is 29.7. The van der Waals surface area contributed by atoms with E-state index in [1.54, 1.807) is 0 Å². The Balaban J connectivity index is 1.84. The number of nitrogens with two attached hydrogens (primary N) is 1. The first kappa shape index (κ1) is 13.3. The van der Waals surface area contributed by atoms with Crippen molar-refractivity contribution in [3.05, 3.63) is 35.4 Å². The molecule has 1 fully saturated rings. The minimum atomic E-state index is -0.755. The molecule has 2 aliphatic carbocycles. The van der Waals surface area contributed by atoms with Gasteiger partial charge in [0.15, 0.2) is 0 Å². The molecular formula is C16H23NOS. The van der Waals surface area contributed by atoms with Gasteiger partial charge in [0.25, 0.3) is 0 Å². The smallest absolute Gasteiger partial charge is 0.0543 e. The van der Waals surface area contributed by atoms with Gasteiger partial charge in [-0.05, 0) is 43.2 Å². The van der Waals surface area contributed by atoms with E-state index in [1.165, 1.54) is 24.0 Å². The number of hydrogen-bond donors (Lipinski definition) is 1. The highest BCUT2D eigenvalue weighted by molar-refractivity contribution is 7.86. The average Bonchev–Trinajstić information content (AvgIpc) is 2.91. The van der Waals surface area contributed by atoms with E-state index in [1.807, 2.05) is 0 Å². The molecule has 2 nitrogen and oxygen atoms in total. The Morgan fingerprint density at radius 1 is 1.05 bits per heavy atom. The summed E-state index contributed by atoms with van der Waals surface area (Å²) in [6.45, 7) is 0. The molecule has 0 aromatic heterocycles. The molecule has 1 aromatic rings. The largest absolute Gasteiger partial charge is 0.323 e. The highest BCUT2D eigenvalue weighted by atomic mass is 32.2. The lowest BCUT2D eigenvalue weighted by molar-refractivity contribution is 0.587. The third-order valence-corrected chi connectivity index (χ3v) is 6.93. The Bertz CT molecular complexity index is 468. The van der Waals surface area contributed by atoms with Crippen molar-refractivity contribution in [2.75, 3.05) is 0 Å². The molecular weight excluding hydrogens is 254 g/mol. The summed E-state index contributed by atoms with van der Waals surface area (Å²) in [6.07, 6.45) is 7.98. The van der Waals surface area contributed by atoms with E-state index in [0.717, 1.165) is 32.1 Å². The molecule has 0 bridgehead atoms. The van der Waals surface area contributed by atoms with Crippen LogP contribution >= 0.6 is 0 Å². The van der Waals surface area contributed by atoms with E-state index in [2.05, 4.69) is 24.3 Å². The first-order valence-corrected chi connectivity index (χ1v) is 8.78. The van der Waals surface area contributed by atoms with Crippen molar-refractivity contribution in [2.45, 2.75) is 61.5 Å². The molecule has 2 aliphatic rings. The molecule has 0 radical (unpaired) electrons. The summed E-state index contributed by atoms with van der Waals surface area (Å²) >= 11 is 0. The Labute approximate surface area is 118 Å². The maximum absolute atomic E-state index is 12.8. The van der Waals surface area contributed by atoms with Gasteiger partial charge in [-0.1, -0.05) is 37.1 Å². The van der Waals surface area contributed by atoms with Crippen LogP contribution in [0.4, 0.5) is 0 Å². The van der Waals surface area contributed by atoms with Crippen LogP contribution in [0.15, 0.2) is 24.3 Å². The molecule has 3 unspecified atom stereocenters. The molecule has 3 rings (SSSR count). The van der Waals surface area contributed by atoms with E-state index < -0.39 is 10.8 Å². The van der Waals surface area contributed by atoms with E-state index in [-0.39, 0.29) is 11.3 Å². The van der Waals surface area contributed by atoms with Crippen LogP contribution in [0.3, 0.4) is 0 Å². The fraction of sp³-hybridized carbons (Fsp3) is 0.625. The molecule has 2 N–H and O–H groups in total. The summed E-state index contributed by atoms with van der Waals surface area (Å²) < 4.78 is 12.8. The molecule has 0 saturated heterocycles. The van der Waals surface area contributed by atoms with Crippen LogP contribution in [-0.2, 0) is 17.2 Å². The monoisotopic (exact) mass is 277 g/mol. The van der Waals surface area contributed by atoms with Gasteiger partial charge >= 0.3 is 0 Å². The zero-order valence-electron chi connectivity index (χ0n) is 11.4. The van der Waals surface area contributed by atoms with Gasteiger partial charge in [-0.15, -0.1) is 0 Å². The molecule has 3 atom stereocenters. The third-order valence-electron chi connectivity index (χ3n) is 4.68. The fourth-order valence-corrected chi connectivity index (χ4v) is 5.72. The number of fused-ring (bicyclic) bond motifs is 1. The molecule has 19 heavy (non-hydrogen) atoms. The lowest BCUT2D eigenvalue weighted by atomic mass is 10.00. The third kappa shape index (κ3) is 2.63. The van der Waals surface area contributed by atoms with Crippen LogP contribution in [0.5, 0.6) is 0 Å². The molecule has 0 spiro atoms. The summed E-state index contributed by atoms with van der Waals surface area (Å²) in [5.41, 5.74) is 9.06. The standard InChI is InChI=1S/C16H23NOS/c17-16-14-10-4-1-6-12(14)7-5-11-15(16)19(18)13-8-2-3-9-13/h1,4,6,10,13,15-16H,2-3,5,7-9,11,17H2. The lowest BCUT2D eigenvalue weighted by Crippen LogP contribution is -2.34. The van der Waals surface area contributed by atoms with E-state index in [9.17, 15) is 4.21 Å². The second-order valence-electron chi connectivity index (χ2n) is 5.89. The van der Waals surface area contributed by atoms with Gasteiger partial charge in [-0.3, -0.25) is 4.21 Å². The minimum absolute atomic E-state index is 0.0415. The molecule has 104 valence electrons. The van der Waals surface area contributed by atoms with Gasteiger partial charge in [-0.2, -0.15) is 0 Å². The maximum Gasteiger partial charge on any atom is 0.0543 e. The second kappa shape index (κ2) is 5.76. The predicted octanol–water partition coefficient (Wildman–Crippen LogP) is 3.08. The number of hydrogen-bond acceptors (Lipinski definition) is 2. The maximum atomic E-state index is 12.8. The second-order valence-corrected chi connectivity index (χ2v) is 7.82. The molecule has 0 aliphatic heterocycles. The fourth-order valence-electron chi connectivity index (χ4n) is 3.59. The molecule has 1 saturated carbocycles. The molecule has 0 heterocycles. The van der Waals surface area contributed by atoms with Gasteiger partial charge in [0.1, 0.15) is 0 Å². The van der Waals surface area contributed by atoms with Crippen LogP contribution < -0.4 is 5.73 Å². The van der Waals surface area contributed by atoms with Crippen molar-refractivity contribution in [2.24, 2.45) is 5.73 Å². The lowest BCUT2D eigenvalue weighted by Gasteiger charge is -2.25. The first-order valence-electron chi connectivity index (χ1n) is 7.50. The summed E-state index contributed by atoms with van der Waals surface area (Å²) in [7, 11) is -0.755. The van der Waals surface area contributed by atoms with Crippen molar-refractivity contribution in [1.82, 2.24) is 0 Å². The predicted molar refractivity (Wildman–Crippen MR) is 80.5 cm³/mol. The minimum Gasteiger partial charge on any atom is -0.323 e. The summed E-state index contributed by atoms with van der Waals surface area (Å²) in [5.74, 6) is 0. The highest BCUT2D eigenvalue weighted by Crippen LogP contribution is 2.34. The van der Waals surface area contributed by atoms with Crippen molar-refractivity contribution in [3.63, 3.8) is 0 Å². The van der Waals surface area contributed by atoms with E-state index in [0.29, 0.717) is 5.25 Å². The zero-order chi connectivity index (χ0) is 13.2. The molecule has 0 amide bonds. The van der Waals surface area contributed by atoms with Crippen molar-refractivity contribution in [1.29, 1.82) is 0 Å². The number of aryl methyl sites for hydroxylation is 1. The quantitative estimate of drug-likeness (QED) is 0.844. The van der Waals surface area contributed by atoms with E-state index in [4.69, 9.17) is 5.73 Å². The van der Waals surface area contributed by atoms with Crippen LogP contribution in [-0.4, -0.2) is 14.7 Å². The van der Waals surface area contributed by atoms with Crippen LogP contribution in [0.2, 0.25) is 0 Å². The summed E-state index contributed by atoms with van der Waals surface area (Å²) in [6, 6.07) is 8.40. The van der Waals surface area contributed by atoms with Crippen LogP contribution in [0.25, 0.3) is 0 Å². The number of rotatable bonds is 2. The Morgan fingerprint density at radius 3 is 2.58 bits per heavy atom. The van der Waals surface area contributed by atoms with Gasteiger partial charge in [-0.25, -0.2) is 0 Å². The van der Waals surface area contributed by atoms with Crippen LogP contribution in [0, 0.1) is 0 Å². The van der Waals surface area contributed by atoms with Gasteiger partial charge < -0.3 is 5.73 Å². The topological polar surface area (TPSA) is 43.1 Å². The zero-order valence-corrected chi connectivity index (χ0v) is 12.2. The Morgan fingerprint density at radius 2 is 1.79 bits per heavy atom. The van der Waals surface area contributed by atoms with Gasteiger partial charge in [0.05, 0.1) is 5.25 Å². The van der Waals surface area contributed by atoms with E-state index >= 15 is 0 Å². The van der Waals surface area contributed by atoms with Gasteiger partial charge in [0.2, 0.25) is 0 Å². The van der Waals surface area contributed by atoms with Crippen molar-refractivity contribution < 1.29 is 4.21 Å². The molecule has 3 heteroatoms. The summed E-state index contributed by atoms with van der Waals surface area (Å²) in [4.78, 5) is 0. The highest BCUT2D eigenvalue weighted by Gasteiger charge is 2.34. The summed E-state index contributed by atoms with van der Waals surface area (Å²) in [5, 5.41) is 0.563. The van der Waals surface area contributed by atoms with Gasteiger partial charge in [0, 0.05) is 22.1 Å². The van der Waals surface area contributed by atoms with Crippen LogP contribution in [0.1, 0.15) is 55.7 Å². The Kier molecular flexibility index (Phi) is 4.04.